The summed E-state index contributed by atoms with van der Waals surface area (Å²) in [6, 6.07) is 7.72. The van der Waals surface area contributed by atoms with E-state index in [1.165, 1.54) is 0 Å². The Hall–Kier alpha value is -0.610. The first kappa shape index (κ1) is 15.4. The molecule has 0 aromatic heterocycles. The van der Waals surface area contributed by atoms with Gasteiger partial charge in [-0.2, -0.15) is 0 Å². The zero-order valence-electron chi connectivity index (χ0n) is 11.1. The van der Waals surface area contributed by atoms with Crippen LogP contribution in [0.3, 0.4) is 0 Å². The van der Waals surface area contributed by atoms with E-state index in [4.69, 9.17) is 21.1 Å². The summed E-state index contributed by atoms with van der Waals surface area (Å²) in [5.74, 6) is 0. The number of rotatable bonds is 9. The molecule has 0 aliphatic carbocycles. The van der Waals surface area contributed by atoms with Gasteiger partial charge in [-0.25, -0.2) is 0 Å². The van der Waals surface area contributed by atoms with Gasteiger partial charge >= 0.3 is 0 Å². The van der Waals surface area contributed by atoms with E-state index < -0.39 is 0 Å². The topological polar surface area (TPSA) is 30.5 Å². The fourth-order valence-corrected chi connectivity index (χ4v) is 1.85. The quantitative estimate of drug-likeness (QED) is 0.701. The summed E-state index contributed by atoms with van der Waals surface area (Å²) >= 11 is 5.93. The zero-order chi connectivity index (χ0) is 13.2. The van der Waals surface area contributed by atoms with Gasteiger partial charge < -0.3 is 14.8 Å². The molecule has 0 aliphatic rings. The van der Waals surface area contributed by atoms with E-state index in [9.17, 15) is 0 Å². The molecule has 1 aromatic carbocycles. The number of hydrogen-bond donors (Lipinski definition) is 1. The van der Waals surface area contributed by atoms with Crippen molar-refractivity contribution >= 4 is 11.6 Å². The highest BCUT2D eigenvalue weighted by atomic mass is 35.5. The number of hydrogen-bond acceptors (Lipinski definition) is 3. The molecule has 0 spiro atoms. The molecule has 0 saturated carbocycles. The molecule has 102 valence electrons. The molecule has 1 aromatic rings. The maximum absolute atomic E-state index is 5.93. The molecular formula is C14H22ClNO2. The molecule has 0 aliphatic heterocycles. The van der Waals surface area contributed by atoms with Crippen LogP contribution in [-0.4, -0.2) is 32.9 Å². The highest BCUT2D eigenvalue weighted by Gasteiger charge is 2.08. The zero-order valence-corrected chi connectivity index (χ0v) is 11.9. The summed E-state index contributed by atoms with van der Waals surface area (Å²) in [7, 11) is 1.69. The number of halogens is 1. The average molecular weight is 272 g/mol. The minimum Gasteiger partial charge on any atom is -0.382 e. The predicted octanol–water partition coefficient (Wildman–Crippen LogP) is 2.87. The van der Waals surface area contributed by atoms with E-state index in [1.807, 2.05) is 24.3 Å². The minimum atomic E-state index is 0.0699. The normalized spacial score (nSPS) is 12.6. The van der Waals surface area contributed by atoms with Gasteiger partial charge in [-0.3, -0.25) is 0 Å². The molecule has 1 N–H and O–H groups in total. The second kappa shape index (κ2) is 9.34. The van der Waals surface area contributed by atoms with E-state index in [0.717, 1.165) is 30.1 Å². The SMILES string of the molecule is CCCNCC(COC)OCc1cccc(Cl)c1. The average Bonchev–Trinajstić information content (AvgIpc) is 2.36. The van der Waals surface area contributed by atoms with Crippen molar-refractivity contribution in [2.75, 3.05) is 26.8 Å². The summed E-state index contributed by atoms with van der Waals surface area (Å²) in [5, 5.41) is 4.08. The van der Waals surface area contributed by atoms with Crippen molar-refractivity contribution in [2.45, 2.75) is 26.1 Å². The van der Waals surface area contributed by atoms with Crippen molar-refractivity contribution in [1.29, 1.82) is 0 Å². The Bertz CT molecular complexity index is 333. The summed E-state index contributed by atoms with van der Waals surface area (Å²) in [6.45, 7) is 5.10. The van der Waals surface area contributed by atoms with Crippen molar-refractivity contribution in [2.24, 2.45) is 0 Å². The third-order valence-corrected chi connectivity index (χ3v) is 2.76. The standard InChI is InChI=1S/C14H22ClNO2/c1-3-7-16-9-14(11-17-2)18-10-12-5-4-6-13(15)8-12/h4-6,8,14,16H,3,7,9-11H2,1-2H3. The number of methoxy groups -OCH3 is 1. The fourth-order valence-electron chi connectivity index (χ4n) is 1.63. The fraction of sp³-hybridized carbons (Fsp3) is 0.571. The Labute approximate surface area is 114 Å². The minimum absolute atomic E-state index is 0.0699. The lowest BCUT2D eigenvalue weighted by Gasteiger charge is -2.17. The second-order valence-electron chi connectivity index (χ2n) is 4.22. The lowest BCUT2D eigenvalue weighted by Crippen LogP contribution is -2.33. The van der Waals surface area contributed by atoms with Gasteiger partial charge in [0.25, 0.3) is 0 Å². The third kappa shape index (κ3) is 6.36. The molecule has 0 bridgehead atoms. The molecule has 0 radical (unpaired) electrons. The van der Waals surface area contributed by atoms with Gasteiger partial charge in [0.2, 0.25) is 0 Å². The van der Waals surface area contributed by atoms with Gasteiger partial charge in [-0.15, -0.1) is 0 Å². The summed E-state index contributed by atoms with van der Waals surface area (Å²) in [4.78, 5) is 0. The third-order valence-electron chi connectivity index (χ3n) is 2.53. The Morgan fingerprint density at radius 1 is 1.39 bits per heavy atom. The lowest BCUT2D eigenvalue weighted by atomic mass is 10.2. The number of nitrogens with one attached hydrogen (secondary N) is 1. The van der Waals surface area contributed by atoms with Gasteiger partial charge in [0.05, 0.1) is 19.3 Å². The first-order valence-corrected chi connectivity index (χ1v) is 6.69. The van der Waals surface area contributed by atoms with Crippen LogP contribution in [-0.2, 0) is 16.1 Å². The van der Waals surface area contributed by atoms with Crippen LogP contribution in [0.2, 0.25) is 5.02 Å². The maximum Gasteiger partial charge on any atom is 0.0936 e. The van der Waals surface area contributed by atoms with Crippen LogP contribution in [0.4, 0.5) is 0 Å². The van der Waals surface area contributed by atoms with E-state index in [1.54, 1.807) is 7.11 Å². The molecule has 0 amide bonds. The smallest absolute Gasteiger partial charge is 0.0936 e. The molecule has 3 nitrogen and oxygen atoms in total. The molecule has 0 saturated heterocycles. The lowest BCUT2D eigenvalue weighted by molar-refractivity contribution is -0.0100. The van der Waals surface area contributed by atoms with E-state index in [2.05, 4.69) is 12.2 Å². The predicted molar refractivity (Wildman–Crippen MR) is 75.1 cm³/mol. The molecular weight excluding hydrogens is 250 g/mol. The van der Waals surface area contributed by atoms with Gasteiger partial charge in [-0.1, -0.05) is 30.7 Å². The van der Waals surface area contributed by atoms with Gasteiger partial charge in [-0.05, 0) is 30.7 Å². The Morgan fingerprint density at radius 2 is 2.22 bits per heavy atom. The molecule has 0 fully saturated rings. The maximum atomic E-state index is 5.93. The Balaban J connectivity index is 2.36. The van der Waals surface area contributed by atoms with Crippen LogP contribution in [0.5, 0.6) is 0 Å². The Kier molecular flexibility index (Phi) is 8.01. The first-order valence-electron chi connectivity index (χ1n) is 6.32. The molecule has 0 heterocycles. The highest BCUT2D eigenvalue weighted by Crippen LogP contribution is 2.12. The van der Waals surface area contributed by atoms with Crippen LogP contribution in [0, 0.1) is 0 Å². The molecule has 1 rings (SSSR count). The summed E-state index contributed by atoms with van der Waals surface area (Å²) in [5.41, 5.74) is 1.08. The number of benzene rings is 1. The van der Waals surface area contributed by atoms with E-state index in [0.29, 0.717) is 13.2 Å². The monoisotopic (exact) mass is 271 g/mol. The van der Waals surface area contributed by atoms with Crippen molar-refractivity contribution in [3.05, 3.63) is 34.9 Å². The molecule has 1 unspecified atom stereocenters. The Morgan fingerprint density at radius 3 is 2.89 bits per heavy atom. The molecule has 1 atom stereocenters. The van der Waals surface area contributed by atoms with E-state index >= 15 is 0 Å². The largest absolute Gasteiger partial charge is 0.382 e. The van der Waals surface area contributed by atoms with Gasteiger partial charge in [0.15, 0.2) is 0 Å². The van der Waals surface area contributed by atoms with Crippen molar-refractivity contribution in [3.8, 4) is 0 Å². The first-order chi connectivity index (χ1) is 8.76. The van der Waals surface area contributed by atoms with Crippen LogP contribution in [0.25, 0.3) is 0 Å². The van der Waals surface area contributed by atoms with Crippen molar-refractivity contribution in [3.63, 3.8) is 0 Å². The van der Waals surface area contributed by atoms with Crippen LogP contribution < -0.4 is 5.32 Å². The van der Waals surface area contributed by atoms with E-state index in [-0.39, 0.29) is 6.10 Å². The van der Waals surface area contributed by atoms with Crippen LogP contribution >= 0.6 is 11.6 Å². The summed E-state index contributed by atoms with van der Waals surface area (Å²) in [6.07, 6.45) is 1.19. The van der Waals surface area contributed by atoms with Crippen LogP contribution in [0.1, 0.15) is 18.9 Å². The molecule has 18 heavy (non-hydrogen) atoms. The van der Waals surface area contributed by atoms with Gasteiger partial charge in [0.1, 0.15) is 0 Å². The van der Waals surface area contributed by atoms with Crippen LogP contribution in [0.15, 0.2) is 24.3 Å². The van der Waals surface area contributed by atoms with Crippen molar-refractivity contribution in [1.82, 2.24) is 5.32 Å². The summed E-state index contributed by atoms with van der Waals surface area (Å²) < 4.78 is 11.0. The van der Waals surface area contributed by atoms with Gasteiger partial charge in [0, 0.05) is 18.7 Å². The van der Waals surface area contributed by atoms with Crippen molar-refractivity contribution < 1.29 is 9.47 Å². The second-order valence-corrected chi connectivity index (χ2v) is 4.66. The molecule has 4 heteroatoms. The number of ether oxygens (including phenoxy) is 2. The highest BCUT2D eigenvalue weighted by molar-refractivity contribution is 6.30.